The average molecular weight is 316 g/mol. The van der Waals surface area contributed by atoms with Crippen molar-refractivity contribution in [1.82, 2.24) is 25.8 Å². The van der Waals surface area contributed by atoms with E-state index in [0.29, 0.717) is 12.1 Å². The molecule has 0 amide bonds. The van der Waals surface area contributed by atoms with Gasteiger partial charge in [-0.1, -0.05) is 0 Å². The molecule has 0 aromatic carbocycles. The third kappa shape index (κ3) is 4.30. The number of H-pyrrole nitrogens is 1. The molecule has 2 rings (SSSR count). The monoisotopic (exact) mass is 316 g/mol. The molecule has 2 aromatic rings. The fourth-order valence-corrected chi connectivity index (χ4v) is 2.51. The topological polar surface area (TPSA) is 68.9 Å². The molecule has 0 aliphatic rings. The Labute approximate surface area is 138 Å². The molecule has 1 atom stereocenters. The molecule has 0 fully saturated rings. The van der Waals surface area contributed by atoms with E-state index < -0.39 is 0 Å². The number of likely N-dealkylation sites (N-methyl/N-ethyl adjacent to an activating group) is 2. The Bertz CT molecular complexity index is 589. The largest absolute Gasteiger partial charge is 0.357 e. The van der Waals surface area contributed by atoms with E-state index >= 15 is 0 Å². The summed E-state index contributed by atoms with van der Waals surface area (Å²) in [4.78, 5) is 6.74. The number of hydrogen-bond donors (Lipinski definition) is 3. The van der Waals surface area contributed by atoms with Crippen molar-refractivity contribution in [2.45, 2.75) is 32.4 Å². The molecule has 2 heterocycles. The minimum absolute atomic E-state index is 0.371. The SMILES string of the molecule is CNCC(Cc1cn[nH]c1-c1ccc(N(C)C(C)C)nc1)NC. The predicted molar refractivity (Wildman–Crippen MR) is 95.8 cm³/mol. The normalized spacial score (nSPS) is 12.6. The number of nitrogens with one attached hydrogen (secondary N) is 3. The van der Waals surface area contributed by atoms with Crippen molar-refractivity contribution >= 4 is 5.82 Å². The van der Waals surface area contributed by atoms with Gasteiger partial charge in [0.05, 0.1) is 11.9 Å². The molecule has 0 aliphatic carbocycles. The number of pyridine rings is 1. The van der Waals surface area contributed by atoms with Crippen molar-refractivity contribution in [3.05, 3.63) is 30.1 Å². The van der Waals surface area contributed by atoms with Crippen LogP contribution < -0.4 is 15.5 Å². The molecule has 126 valence electrons. The zero-order chi connectivity index (χ0) is 16.8. The van der Waals surface area contributed by atoms with Crippen LogP contribution in [0, 0.1) is 0 Å². The van der Waals surface area contributed by atoms with Crippen LogP contribution in [0.15, 0.2) is 24.5 Å². The fourth-order valence-electron chi connectivity index (χ4n) is 2.51. The van der Waals surface area contributed by atoms with E-state index in [2.05, 4.69) is 63.7 Å². The molecule has 0 saturated heterocycles. The molecular weight excluding hydrogens is 288 g/mol. The van der Waals surface area contributed by atoms with Gasteiger partial charge < -0.3 is 15.5 Å². The summed E-state index contributed by atoms with van der Waals surface area (Å²) in [5.74, 6) is 0.980. The van der Waals surface area contributed by atoms with Gasteiger partial charge in [0, 0.05) is 37.4 Å². The van der Waals surface area contributed by atoms with Crippen LogP contribution in [0.3, 0.4) is 0 Å². The Hall–Kier alpha value is -1.92. The number of anilines is 1. The van der Waals surface area contributed by atoms with E-state index in [1.807, 2.05) is 26.5 Å². The van der Waals surface area contributed by atoms with Crippen LogP contribution >= 0.6 is 0 Å². The summed E-state index contributed by atoms with van der Waals surface area (Å²) in [6.45, 7) is 5.22. The summed E-state index contributed by atoms with van der Waals surface area (Å²) >= 11 is 0. The van der Waals surface area contributed by atoms with Gasteiger partial charge in [-0.15, -0.1) is 0 Å². The van der Waals surface area contributed by atoms with Crippen molar-refractivity contribution in [2.75, 3.05) is 32.6 Å². The van der Waals surface area contributed by atoms with Crippen LogP contribution in [0.4, 0.5) is 5.82 Å². The van der Waals surface area contributed by atoms with Crippen molar-refractivity contribution < 1.29 is 0 Å². The first-order chi connectivity index (χ1) is 11.1. The highest BCUT2D eigenvalue weighted by molar-refractivity contribution is 5.63. The molecule has 6 nitrogen and oxygen atoms in total. The molecule has 0 aliphatic heterocycles. The van der Waals surface area contributed by atoms with Gasteiger partial charge in [-0.2, -0.15) is 5.10 Å². The second-order valence-electron chi connectivity index (χ2n) is 6.13. The molecule has 23 heavy (non-hydrogen) atoms. The van der Waals surface area contributed by atoms with Gasteiger partial charge in [0.25, 0.3) is 0 Å². The minimum atomic E-state index is 0.371. The Kier molecular flexibility index (Phi) is 6.12. The lowest BCUT2D eigenvalue weighted by Gasteiger charge is -2.22. The van der Waals surface area contributed by atoms with Crippen molar-refractivity contribution in [3.8, 4) is 11.3 Å². The summed E-state index contributed by atoms with van der Waals surface area (Å²) in [6.07, 6.45) is 4.73. The molecule has 0 spiro atoms. The smallest absolute Gasteiger partial charge is 0.128 e. The first kappa shape index (κ1) is 17.4. The highest BCUT2D eigenvalue weighted by Gasteiger charge is 2.14. The van der Waals surface area contributed by atoms with Crippen LogP contribution in [-0.4, -0.2) is 55.0 Å². The molecule has 2 aromatic heterocycles. The van der Waals surface area contributed by atoms with E-state index in [9.17, 15) is 0 Å². The van der Waals surface area contributed by atoms with Crippen LogP contribution in [-0.2, 0) is 6.42 Å². The highest BCUT2D eigenvalue weighted by Crippen LogP contribution is 2.23. The number of aromatic amines is 1. The molecular formula is C17H28N6. The lowest BCUT2D eigenvalue weighted by atomic mass is 10.0. The summed E-state index contributed by atoms with van der Waals surface area (Å²) in [5, 5.41) is 13.9. The maximum Gasteiger partial charge on any atom is 0.128 e. The van der Waals surface area contributed by atoms with Gasteiger partial charge in [0.15, 0.2) is 0 Å². The Balaban J connectivity index is 2.18. The quantitative estimate of drug-likeness (QED) is 0.691. The molecule has 0 bridgehead atoms. The highest BCUT2D eigenvalue weighted by atomic mass is 15.2. The predicted octanol–water partition coefficient (Wildman–Crippen LogP) is 1.67. The Morgan fingerprint density at radius 2 is 2.00 bits per heavy atom. The second-order valence-corrected chi connectivity index (χ2v) is 6.13. The zero-order valence-corrected chi connectivity index (χ0v) is 14.7. The molecule has 6 heteroatoms. The molecule has 1 unspecified atom stereocenters. The Morgan fingerprint density at radius 3 is 2.57 bits per heavy atom. The summed E-state index contributed by atoms with van der Waals surface area (Å²) in [5.41, 5.74) is 3.32. The van der Waals surface area contributed by atoms with Crippen molar-refractivity contribution in [2.24, 2.45) is 0 Å². The maximum absolute atomic E-state index is 4.58. The summed E-state index contributed by atoms with van der Waals surface area (Å²) in [6, 6.07) is 4.96. The number of nitrogens with zero attached hydrogens (tertiary/aromatic N) is 3. The van der Waals surface area contributed by atoms with Gasteiger partial charge in [0.1, 0.15) is 5.82 Å². The lowest BCUT2D eigenvalue weighted by molar-refractivity contribution is 0.530. The van der Waals surface area contributed by atoms with Gasteiger partial charge >= 0.3 is 0 Å². The van der Waals surface area contributed by atoms with E-state index in [1.54, 1.807) is 0 Å². The first-order valence-corrected chi connectivity index (χ1v) is 8.10. The molecule has 3 N–H and O–H groups in total. The van der Waals surface area contributed by atoms with Crippen molar-refractivity contribution in [3.63, 3.8) is 0 Å². The van der Waals surface area contributed by atoms with Crippen LogP contribution in [0.5, 0.6) is 0 Å². The van der Waals surface area contributed by atoms with E-state index in [-0.39, 0.29) is 0 Å². The van der Waals surface area contributed by atoms with E-state index in [0.717, 1.165) is 30.0 Å². The summed E-state index contributed by atoms with van der Waals surface area (Å²) in [7, 11) is 6.01. The van der Waals surface area contributed by atoms with Gasteiger partial charge in [-0.25, -0.2) is 4.98 Å². The second kappa shape index (κ2) is 8.08. The number of rotatable bonds is 8. The van der Waals surface area contributed by atoms with Gasteiger partial charge in [0.2, 0.25) is 0 Å². The van der Waals surface area contributed by atoms with Crippen LogP contribution in [0.2, 0.25) is 0 Å². The van der Waals surface area contributed by atoms with Gasteiger partial charge in [-0.05, 0) is 52.1 Å². The number of hydrogen-bond acceptors (Lipinski definition) is 5. The minimum Gasteiger partial charge on any atom is -0.357 e. The van der Waals surface area contributed by atoms with Crippen LogP contribution in [0.25, 0.3) is 11.3 Å². The van der Waals surface area contributed by atoms with Crippen molar-refractivity contribution in [1.29, 1.82) is 0 Å². The summed E-state index contributed by atoms with van der Waals surface area (Å²) < 4.78 is 0. The third-order valence-corrected chi connectivity index (χ3v) is 4.22. The molecule has 0 saturated carbocycles. The van der Waals surface area contributed by atoms with E-state index in [1.165, 1.54) is 5.56 Å². The van der Waals surface area contributed by atoms with E-state index in [4.69, 9.17) is 0 Å². The average Bonchev–Trinajstić information content (AvgIpc) is 3.02. The third-order valence-electron chi connectivity index (χ3n) is 4.22. The lowest BCUT2D eigenvalue weighted by Crippen LogP contribution is -2.36. The number of aromatic nitrogens is 3. The standard InChI is InChI=1S/C17H28N6/c1-12(2)23(5)16-7-6-13(9-20-16)17-14(10-21-22-17)8-15(19-4)11-18-3/h6-7,9-10,12,15,18-19H,8,11H2,1-5H3,(H,21,22). The van der Waals surface area contributed by atoms with Crippen LogP contribution in [0.1, 0.15) is 19.4 Å². The fraction of sp³-hybridized carbons (Fsp3) is 0.529. The first-order valence-electron chi connectivity index (χ1n) is 8.10. The molecule has 0 radical (unpaired) electrons. The van der Waals surface area contributed by atoms with Gasteiger partial charge in [-0.3, -0.25) is 5.10 Å². The Morgan fingerprint density at radius 1 is 1.22 bits per heavy atom. The maximum atomic E-state index is 4.58. The zero-order valence-electron chi connectivity index (χ0n) is 14.7.